The third-order valence-electron chi connectivity index (χ3n) is 6.51. The second-order valence-electron chi connectivity index (χ2n) is 9.68. The van der Waals surface area contributed by atoms with E-state index in [1.54, 1.807) is 0 Å². The van der Waals surface area contributed by atoms with Crippen LogP contribution in [-0.2, 0) is 0 Å². The van der Waals surface area contributed by atoms with Crippen LogP contribution in [0.5, 0.6) is 0 Å². The van der Waals surface area contributed by atoms with Crippen LogP contribution in [0.4, 0.5) is 0 Å². The zero-order valence-corrected chi connectivity index (χ0v) is 21.2. The van der Waals surface area contributed by atoms with E-state index in [1.807, 2.05) is 0 Å². The van der Waals surface area contributed by atoms with E-state index in [9.17, 15) is 0 Å². The summed E-state index contributed by atoms with van der Waals surface area (Å²) in [5.74, 6) is 0. The molecule has 0 aromatic carbocycles. The minimum absolute atomic E-state index is 1.10. The zero-order chi connectivity index (χ0) is 21.8. The van der Waals surface area contributed by atoms with Gasteiger partial charge in [0.2, 0.25) is 0 Å². The highest BCUT2D eigenvalue weighted by molar-refractivity contribution is 4.81. The van der Waals surface area contributed by atoms with Crippen LogP contribution >= 0.6 is 0 Å². The average Bonchev–Trinajstić information content (AvgIpc) is 2.76. The van der Waals surface area contributed by atoms with Gasteiger partial charge in [0.1, 0.15) is 0 Å². The zero-order valence-electron chi connectivity index (χ0n) is 21.2. The van der Waals surface area contributed by atoms with Crippen LogP contribution in [0.1, 0.15) is 174 Å². The van der Waals surface area contributed by atoms with Crippen molar-refractivity contribution in [3.05, 3.63) is 19.1 Å². The van der Waals surface area contributed by atoms with E-state index >= 15 is 0 Å². The molecule has 0 bridgehead atoms. The molecule has 0 aliphatic heterocycles. The normalized spacial score (nSPS) is 11.7. The molecule has 0 N–H and O–H groups in total. The summed E-state index contributed by atoms with van der Waals surface area (Å²) in [4.78, 5) is 0. The number of rotatable bonds is 26. The largest absolute Gasteiger partial charge is 0.0885 e. The average molecular weight is 420 g/mol. The van der Waals surface area contributed by atoms with Gasteiger partial charge in [0.05, 0.1) is 0 Å². The molecule has 0 saturated carbocycles. The van der Waals surface area contributed by atoms with E-state index < -0.39 is 0 Å². The minimum atomic E-state index is 1.10. The summed E-state index contributed by atoms with van der Waals surface area (Å²) in [6, 6.07) is 0. The smallest absolute Gasteiger partial charge is 0.0351 e. The summed E-state index contributed by atoms with van der Waals surface area (Å²) in [6.45, 7) is 6.20. The Bertz CT molecular complexity index is 303. The number of hydrogen-bond donors (Lipinski definition) is 0. The van der Waals surface area contributed by atoms with Crippen molar-refractivity contribution in [1.29, 1.82) is 0 Å². The summed E-state index contributed by atoms with van der Waals surface area (Å²) < 4.78 is 0. The van der Waals surface area contributed by atoms with Crippen LogP contribution in [0.25, 0.3) is 0 Å². The van der Waals surface area contributed by atoms with Crippen molar-refractivity contribution in [2.24, 2.45) is 0 Å². The van der Waals surface area contributed by atoms with Crippen LogP contribution in [-0.4, -0.2) is 0 Å². The van der Waals surface area contributed by atoms with Crippen LogP contribution in [0, 0.1) is 6.92 Å². The van der Waals surface area contributed by atoms with Crippen LogP contribution in [0.3, 0.4) is 0 Å². The Morgan fingerprint density at radius 3 is 0.933 bits per heavy atom. The van der Waals surface area contributed by atoms with E-state index in [2.05, 4.69) is 26.0 Å². The molecule has 0 heterocycles. The molecule has 0 unspecified atom stereocenters. The van der Waals surface area contributed by atoms with Gasteiger partial charge in [-0.3, -0.25) is 0 Å². The second-order valence-corrected chi connectivity index (χ2v) is 9.68. The monoisotopic (exact) mass is 419 g/mol. The lowest BCUT2D eigenvalue weighted by Crippen LogP contribution is -1.84. The molecule has 0 rings (SSSR count). The third kappa shape index (κ3) is 27.7. The molecule has 0 atom stereocenters. The van der Waals surface area contributed by atoms with Gasteiger partial charge in [0.15, 0.2) is 0 Å². The molecule has 0 amide bonds. The Morgan fingerprint density at radius 1 is 0.367 bits per heavy atom. The van der Waals surface area contributed by atoms with Crippen LogP contribution in [0.2, 0.25) is 0 Å². The molecule has 0 aliphatic carbocycles. The molecule has 0 spiro atoms. The molecule has 0 aliphatic rings. The molecule has 0 nitrogen and oxygen atoms in total. The molecule has 0 fully saturated rings. The number of hydrogen-bond acceptors (Lipinski definition) is 0. The fourth-order valence-electron chi connectivity index (χ4n) is 4.37. The minimum Gasteiger partial charge on any atom is -0.0885 e. The first kappa shape index (κ1) is 29.7. The van der Waals surface area contributed by atoms with Crippen molar-refractivity contribution >= 4 is 0 Å². The van der Waals surface area contributed by atoms with Crippen molar-refractivity contribution in [3.63, 3.8) is 0 Å². The maximum Gasteiger partial charge on any atom is -0.0351 e. The van der Waals surface area contributed by atoms with Gasteiger partial charge in [-0.05, 0) is 25.7 Å². The molecular weight excluding hydrogens is 360 g/mol. The summed E-state index contributed by atoms with van der Waals surface area (Å²) in [6.07, 6.45) is 41.8. The van der Waals surface area contributed by atoms with Crippen LogP contribution < -0.4 is 0 Å². The number of allylic oxidation sites excluding steroid dienone is 2. The highest BCUT2D eigenvalue weighted by Gasteiger charge is 1.95. The van der Waals surface area contributed by atoms with E-state index in [1.165, 1.54) is 161 Å². The Hall–Kier alpha value is -0.260. The van der Waals surface area contributed by atoms with Gasteiger partial charge in [0, 0.05) is 0 Å². The van der Waals surface area contributed by atoms with Gasteiger partial charge in [-0.25, -0.2) is 0 Å². The lowest BCUT2D eigenvalue weighted by Gasteiger charge is -2.04. The first-order valence-electron chi connectivity index (χ1n) is 14.4. The second kappa shape index (κ2) is 28.7. The van der Waals surface area contributed by atoms with E-state index in [-0.39, 0.29) is 0 Å². The highest BCUT2D eigenvalue weighted by Crippen LogP contribution is 2.15. The predicted octanol–water partition coefficient (Wildman–Crippen LogP) is 11.5. The van der Waals surface area contributed by atoms with Gasteiger partial charge in [-0.15, -0.1) is 0 Å². The quantitative estimate of drug-likeness (QED) is 0.0965. The molecule has 0 saturated heterocycles. The van der Waals surface area contributed by atoms with E-state index in [0.717, 1.165) is 6.42 Å². The SMILES string of the molecule is [CH2]CCCCCC=CCCCCCCCCCCCCCCCCCCCCCC. The maximum absolute atomic E-state index is 3.90. The van der Waals surface area contributed by atoms with Crippen molar-refractivity contribution < 1.29 is 0 Å². The van der Waals surface area contributed by atoms with Crippen molar-refractivity contribution in [1.82, 2.24) is 0 Å². The van der Waals surface area contributed by atoms with Gasteiger partial charge in [0.25, 0.3) is 0 Å². The lowest BCUT2D eigenvalue weighted by molar-refractivity contribution is 0.522. The summed E-state index contributed by atoms with van der Waals surface area (Å²) >= 11 is 0. The fraction of sp³-hybridized carbons (Fsp3) is 0.900. The van der Waals surface area contributed by atoms with Crippen molar-refractivity contribution in [3.8, 4) is 0 Å². The molecule has 0 heteroatoms. The Morgan fingerprint density at radius 2 is 0.633 bits per heavy atom. The van der Waals surface area contributed by atoms with Gasteiger partial charge < -0.3 is 0 Å². The Balaban J connectivity index is 3.02. The van der Waals surface area contributed by atoms with Gasteiger partial charge in [-0.2, -0.15) is 0 Å². The third-order valence-corrected chi connectivity index (χ3v) is 6.51. The molecule has 30 heavy (non-hydrogen) atoms. The maximum atomic E-state index is 3.90. The topological polar surface area (TPSA) is 0 Å². The molecule has 1 radical (unpaired) electrons. The Labute approximate surface area is 193 Å². The highest BCUT2D eigenvalue weighted by atomic mass is 14.0. The molecular formula is C30H59. The summed E-state index contributed by atoms with van der Waals surface area (Å²) in [7, 11) is 0. The predicted molar refractivity (Wildman–Crippen MR) is 140 cm³/mol. The Kier molecular flexibility index (Phi) is 28.5. The van der Waals surface area contributed by atoms with Gasteiger partial charge >= 0.3 is 0 Å². The standard InChI is InChI=1S/C30H59/c1-3-5-7-9-11-13-15-17-19-21-23-25-27-29-30-28-26-24-22-20-18-16-14-12-10-8-6-4-2/h13,15H,1,3-12,14,16-30H2,2H3. The number of unbranched alkanes of at least 4 members (excludes halogenated alkanes) is 24. The first-order valence-corrected chi connectivity index (χ1v) is 14.4. The van der Waals surface area contributed by atoms with E-state index in [0.29, 0.717) is 0 Å². The first-order chi connectivity index (χ1) is 14.9. The lowest BCUT2D eigenvalue weighted by atomic mass is 10.0. The summed E-state index contributed by atoms with van der Waals surface area (Å²) in [5, 5.41) is 0. The molecule has 179 valence electrons. The molecule has 0 aromatic rings. The van der Waals surface area contributed by atoms with E-state index in [4.69, 9.17) is 0 Å². The van der Waals surface area contributed by atoms with Crippen molar-refractivity contribution in [2.45, 2.75) is 174 Å². The van der Waals surface area contributed by atoms with Gasteiger partial charge in [-0.1, -0.05) is 167 Å². The van der Waals surface area contributed by atoms with Crippen molar-refractivity contribution in [2.75, 3.05) is 0 Å². The molecule has 0 aromatic heterocycles. The summed E-state index contributed by atoms with van der Waals surface area (Å²) in [5.41, 5.74) is 0. The fourth-order valence-corrected chi connectivity index (χ4v) is 4.37. The van der Waals surface area contributed by atoms with Crippen LogP contribution in [0.15, 0.2) is 12.2 Å².